The largest absolute Gasteiger partial charge is 0.496 e. The maximum atomic E-state index is 5.43. The maximum Gasteiger partial charge on any atom is 0.148 e. The van der Waals surface area contributed by atoms with Crippen molar-refractivity contribution in [2.24, 2.45) is 7.05 Å². The molecule has 19 heavy (non-hydrogen) atoms. The number of nitrogens with one attached hydrogen (secondary N) is 1. The van der Waals surface area contributed by atoms with Crippen LogP contribution in [0.15, 0.2) is 28.7 Å². The predicted octanol–water partition coefficient (Wildman–Crippen LogP) is 3.43. The highest BCUT2D eigenvalue weighted by molar-refractivity contribution is 9.10. The van der Waals surface area contributed by atoms with E-state index in [-0.39, 0.29) is 0 Å². The summed E-state index contributed by atoms with van der Waals surface area (Å²) < 4.78 is 8.34. The van der Waals surface area contributed by atoms with Crippen molar-refractivity contribution in [1.29, 1.82) is 0 Å². The van der Waals surface area contributed by atoms with Crippen molar-refractivity contribution in [1.82, 2.24) is 9.78 Å². The third kappa shape index (κ3) is 2.61. The Bertz CT molecular complexity index is 605. The van der Waals surface area contributed by atoms with Gasteiger partial charge in [-0.1, -0.05) is 15.9 Å². The number of rotatable bonds is 4. The van der Waals surface area contributed by atoms with Gasteiger partial charge in [-0.2, -0.15) is 5.10 Å². The molecule has 0 amide bonds. The second-order valence-corrected chi connectivity index (χ2v) is 5.72. The minimum Gasteiger partial charge on any atom is -0.496 e. The van der Waals surface area contributed by atoms with E-state index in [1.54, 1.807) is 7.11 Å². The molecule has 1 aromatic heterocycles. The Labute approximate surface area is 120 Å². The molecule has 2 aromatic rings. The van der Waals surface area contributed by atoms with Crippen LogP contribution in [-0.2, 0) is 7.05 Å². The molecule has 4 nitrogen and oxygen atoms in total. The van der Waals surface area contributed by atoms with Crippen LogP contribution in [0.5, 0.6) is 5.75 Å². The number of aromatic nitrogens is 2. The smallest absolute Gasteiger partial charge is 0.148 e. The van der Waals surface area contributed by atoms with Gasteiger partial charge in [-0.25, -0.2) is 0 Å². The van der Waals surface area contributed by atoms with E-state index in [1.165, 1.54) is 12.8 Å². The van der Waals surface area contributed by atoms with Gasteiger partial charge < -0.3 is 10.1 Å². The zero-order valence-electron chi connectivity index (χ0n) is 11.0. The first-order valence-corrected chi connectivity index (χ1v) is 7.11. The van der Waals surface area contributed by atoms with Crippen LogP contribution in [0.25, 0.3) is 11.3 Å². The summed E-state index contributed by atoms with van der Waals surface area (Å²) in [6.07, 6.45) is 2.48. The van der Waals surface area contributed by atoms with Crippen LogP contribution in [-0.4, -0.2) is 22.9 Å². The van der Waals surface area contributed by atoms with Gasteiger partial charge in [0.1, 0.15) is 11.6 Å². The molecule has 1 saturated carbocycles. The molecule has 1 N–H and O–H groups in total. The summed E-state index contributed by atoms with van der Waals surface area (Å²) in [4.78, 5) is 0. The fraction of sp³-hybridized carbons (Fsp3) is 0.357. The first-order chi connectivity index (χ1) is 9.17. The van der Waals surface area contributed by atoms with Gasteiger partial charge in [0.05, 0.1) is 12.8 Å². The zero-order chi connectivity index (χ0) is 13.4. The lowest BCUT2D eigenvalue weighted by Crippen LogP contribution is -2.02. The predicted molar refractivity (Wildman–Crippen MR) is 79.5 cm³/mol. The molecule has 100 valence electrons. The Balaban J connectivity index is 2.00. The molecule has 3 rings (SSSR count). The molecule has 0 atom stereocenters. The summed E-state index contributed by atoms with van der Waals surface area (Å²) in [7, 11) is 3.64. The summed E-state index contributed by atoms with van der Waals surface area (Å²) >= 11 is 3.50. The molecule has 0 bridgehead atoms. The van der Waals surface area contributed by atoms with E-state index in [2.05, 4.69) is 38.5 Å². The number of aryl methyl sites for hydroxylation is 1. The number of ether oxygens (including phenoxy) is 1. The number of benzene rings is 1. The second-order valence-electron chi connectivity index (χ2n) is 4.80. The summed E-state index contributed by atoms with van der Waals surface area (Å²) in [6.45, 7) is 0. The van der Waals surface area contributed by atoms with Gasteiger partial charge in [-0.05, 0) is 31.0 Å². The van der Waals surface area contributed by atoms with E-state index < -0.39 is 0 Å². The van der Waals surface area contributed by atoms with Gasteiger partial charge in [0, 0.05) is 29.2 Å². The fourth-order valence-corrected chi connectivity index (χ4v) is 2.47. The molecule has 0 saturated heterocycles. The van der Waals surface area contributed by atoms with Crippen LogP contribution < -0.4 is 10.1 Å². The number of anilines is 1. The average Bonchev–Trinajstić information content (AvgIpc) is 3.12. The van der Waals surface area contributed by atoms with E-state index in [0.29, 0.717) is 6.04 Å². The summed E-state index contributed by atoms with van der Waals surface area (Å²) in [5.74, 6) is 1.78. The van der Waals surface area contributed by atoms with E-state index in [0.717, 1.165) is 27.3 Å². The Kier molecular flexibility index (Phi) is 3.22. The Hall–Kier alpha value is -1.49. The van der Waals surface area contributed by atoms with Crippen molar-refractivity contribution >= 4 is 21.7 Å². The molecule has 0 radical (unpaired) electrons. The molecule has 1 heterocycles. The number of nitrogens with zero attached hydrogens (tertiary/aromatic N) is 2. The van der Waals surface area contributed by atoms with Crippen LogP contribution in [0.4, 0.5) is 5.82 Å². The van der Waals surface area contributed by atoms with Crippen molar-refractivity contribution in [3.8, 4) is 17.0 Å². The minimum absolute atomic E-state index is 0.604. The monoisotopic (exact) mass is 321 g/mol. The second kappa shape index (κ2) is 4.89. The molecular formula is C14H16BrN3O. The number of hydrogen-bond acceptors (Lipinski definition) is 3. The van der Waals surface area contributed by atoms with Gasteiger partial charge >= 0.3 is 0 Å². The molecule has 1 aromatic carbocycles. The van der Waals surface area contributed by atoms with Gasteiger partial charge in [-0.15, -0.1) is 0 Å². The van der Waals surface area contributed by atoms with Gasteiger partial charge in [0.2, 0.25) is 0 Å². The topological polar surface area (TPSA) is 39.1 Å². The first kappa shape index (κ1) is 12.5. The highest BCUT2D eigenvalue weighted by Crippen LogP contribution is 2.34. The fourth-order valence-electron chi connectivity index (χ4n) is 2.11. The zero-order valence-corrected chi connectivity index (χ0v) is 12.6. The normalized spacial score (nSPS) is 14.5. The number of halogens is 1. The van der Waals surface area contributed by atoms with E-state index in [4.69, 9.17) is 4.74 Å². The van der Waals surface area contributed by atoms with E-state index in [9.17, 15) is 0 Å². The van der Waals surface area contributed by atoms with Crippen LogP contribution in [0.2, 0.25) is 0 Å². The first-order valence-electron chi connectivity index (χ1n) is 6.32. The molecule has 5 heteroatoms. The van der Waals surface area contributed by atoms with Crippen LogP contribution in [0.3, 0.4) is 0 Å². The summed E-state index contributed by atoms with van der Waals surface area (Å²) in [5.41, 5.74) is 2.08. The summed E-state index contributed by atoms with van der Waals surface area (Å²) in [5, 5.41) is 7.92. The minimum atomic E-state index is 0.604. The summed E-state index contributed by atoms with van der Waals surface area (Å²) in [6, 6.07) is 8.66. The SMILES string of the molecule is COc1ccc(Br)cc1-c1cc(NC2CC2)nn1C. The molecule has 1 aliphatic carbocycles. The lowest BCUT2D eigenvalue weighted by Gasteiger charge is -2.08. The number of hydrogen-bond donors (Lipinski definition) is 1. The highest BCUT2D eigenvalue weighted by Gasteiger charge is 2.22. The third-order valence-electron chi connectivity index (χ3n) is 3.25. The molecule has 0 aliphatic heterocycles. The van der Waals surface area contributed by atoms with E-state index >= 15 is 0 Å². The van der Waals surface area contributed by atoms with Gasteiger partial charge in [-0.3, -0.25) is 4.68 Å². The van der Waals surface area contributed by atoms with Crippen LogP contribution in [0.1, 0.15) is 12.8 Å². The van der Waals surface area contributed by atoms with Crippen molar-refractivity contribution in [3.05, 3.63) is 28.7 Å². The lowest BCUT2D eigenvalue weighted by atomic mass is 10.1. The lowest BCUT2D eigenvalue weighted by molar-refractivity contribution is 0.416. The van der Waals surface area contributed by atoms with Crippen molar-refractivity contribution < 1.29 is 4.74 Å². The highest BCUT2D eigenvalue weighted by atomic mass is 79.9. The van der Waals surface area contributed by atoms with Crippen LogP contribution >= 0.6 is 15.9 Å². The van der Waals surface area contributed by atoms with Gasteiger partial charge in [0.25, 0.3) is 0 Å². The van der Waals surface area contributed by atoms with Crippen molar-refractivity contribution in [2.75, 3.05) is 12.4 Å². The molecule has 0 unspecified atom stereocenters. The number of methoxy groups -OCH3 is 1. The maximum absolute atomic E-state index is 5.43. The Morgan fingerprint density at radius 3 is 2.84 bits per heavy atom. The third-order valence-corrected chi connectivity index (χ3v) is 3.74. The average molecular weight is 322 g/mol. The molecule has 0 spiro atoms. The molecule has 1 fully saturated rings. The van der Waals surface area contributed by atoms with Crippen LogP contribution in [0, 0.1) is 0 Å². The standard InChI is InChI=1S/C14H16BrN3O/c1-18-12(8-14(17-18)16-10-4-5-10)11-7-9(15)3-6-13(11)19-2/h3,6-8,10H,4-5H2,1-2H3,(H,16,17). The Morgan fingerprint density at radius 2 is 2.16 bits per heavy atom. The molecule has 1 aliphatic rings. The van der Waals surface area contributed by atoms with Gasteiger partial charge in [0.15, 0.2) is 0 Å². The van der Waals surface area contributed by atoms with Crippen molar-refractivity contribution in [3.63, 3.8) is 0 Å². The molecular weight excluding hydrogens is 306 g/mol. The quantitative estimate of drug-likeness (QED) is 0.937. The van der Waals surface area contributed by atoms with Crippen molar-refractivity contribution in [2.45, 2.75) is 18.9 Å². The van der Waals surface area contributed by atoms with E-state index in [1.807, 2.05) is 23.9 Å². The Morgan fingerprint density at radius 1 is 1.37 bits per heavy atom.